The van der Waals surface area contributed by atoms with Gasteiger partial charge in [0, 0.05) is 37.1 Å². The minimum atomic E-state index is -3.15. The van der Waals surface area contributed by atoms with E-state index in [0.717, 1.165) is 17.9 Å². The summed E-state index contributed by atoms with van der Waals surface area (Å²) in [6.45, 7) is 3.08. The standard InChI is InChI=1S/C26H28N4O4S/c1-18-14-19-6-7-24(16-20(19)15-18)34-25-8-11-27-26(29-25)28-21-4-3-5-23(17-21)33-22-9-12-30(13-10-22)35(2,31)32/h3-8,11,15-17,22H,9-10,12-14H2,1-2H3,(H,27,28,29). The van der Waals surface area contributed by atoms with Crippen molar-refractivity contribution < 1.29 is 17.9 Å². The molecule has 0 spiro atoms. The summed E-state index contributed by atoms with van der Waals surface area (Å²) >= 11 is 0. The van der Waals surface area contributed by atoms with Gasteiger partial charge in [-0.15, -0.1) is 0 Å². The lowest BCUT2D eigenvalue weighted by Gasteiger charge is -2.30. The number of hydrogen-bond acceptors (Lipinski definition) is 7. The summed E-state index contributed by atoms with van der Waals surface area (Å²) < 4.78 is 37.0. The third-order valence-corrected chi connectivity index (χ3v) is 7.41. The minimum absolute atomic E-state index is 0.0258. The molecule has 0 atom stereocenters. The van der Waals surface area contributed by atoms with E-state index in [9.17, 15) is 8.42 Å². The van der Waals surface area contributed by atoms with Crippen LogP contribution in [0.15, 0.2) is 60.3 Å². The van der Waals surface area contributed by atoms with Crippen LogP contribution in [-0.4, -0.2) is 48.1 Å². The summed E-state index contributed by atoms with van der Waals surface area (Å²) in [6, 6.07) is 15.4. The van der Waals surface area contributed by atoms with Gasteiger partial charge in [0.15, 0.2) is 0 Å². The van der Waals surface area contributed by atoms with E-state index in [0.29, 0.717) is 43.5 Å². The molecular weight excluding hydrogens is 464 g/mol. The molecular formula is C26H28N4O4S. The van der Waals surface area contributed by atoms with Gasteiger partial charge < -0.3 is 14.8 Å². The molecule has 3 aromatic rings. The Balaban J connectivity index is 1.22. The van der Waals surface area contributed by atoms with Crippen LogP contribution in [0.5, 0.6) is 17.4 Å². The highest BCUT2D eigenvalue weighted by Crippen LogP contribution is 2.30. The first-order valence-electron chi connectivity index (χ1n) is 11.6. The zero-order valence-corrected chi connectivity index (χ0v) is 20.6. The van der Waals surface area contributed by atoms with Crippen molar-refractivity contribution in [3.63, 3.8) is 0 Å². The van der Waals surface area contributed by atoms with Crippen molar-refractivity contribution in [3.8, 4) is 17.4 Å². The van der Waals surface area contributed by atoms with Crippen molar-refractivity contribution in [2.45, 2.75) is 32.3 Å². The van der Waals surface area contributed by atoms with E-state index in [1.165, 1.54) is 27.3 Å². The number of hydrogen-bond donors (Lipinski definition) is 1. The SMILES string of the molecule is CC1=Cc2cc(Oc3ccnc(Nc4cccc(OC5CCN(S(C)(=O)=O)CC5)c4)n3)ccc2C1. The van der Waals surface area contributed by atoms with E-state index in [2.05, 4.69) is 34.4 Å². The first-order valence-corrected chi connectivity index (χ1v) is 13.5. The molecule has 0 saturated carbocycles. The molecule has 0 bridgehead atoms. The molecule has 2 aliphatic rings. The van der Waals surface area contributed by atoms with Crippen LogP contribution in [0.25, 0.3) is 6.08 Å². The summed E-state index contributed by atoms with van der Waals surface area (Å²) in [5.41, 5.74) is 4.62. The molecule has 35 heavy (non-hydrogen) atoms. The van der Waals surface area contributed by atoms with Crippen molar-refractivity contribution in [3.05, 3.63) is 71.4 Å². The maximum absolute atomic E-state index is 11.7. The number of aromatic nitrogens is 2. The Morgan fingerprint density at radius 2 is 1.89 bits per heavy atom. The molecule has 0 amide bonds. The number of anilines is 2. The highest BCUT2D eigenvalue weighted by molar-refractivity contribution is 7.88. The maximum atomic E-state index is 11.7. The number of benzene rings is 2. The quantitative estimate of drug-likeness (QED) is 0.508. The van der Waals surface area contributed by atoms with E-state index < -0.39 is 10.0 Å². The van der Waals surface area contributed by atoms with Gasteiger partial charge in [0.25, 0.3) is 0 Å². The van der Waals surface area contributed by atoms with Crippen molar-refractivity contribution in [2.75, 3.05) is 24.7 Å². The zero-order valence-electron chi connectivity index (χ0n) is 19.8. The van der Waals surface area contributed by atoms with Crippen LogP contribution in [0, 0.1) is 0 Å². The molecule has 182 valence electrons. The number of rotatable bonds is 7. The van der Waals surface area contributed by atoms with Crippen LogP contribution < -0.4 is 14.8 Å². The van der Waals surface area contributed by atoms with Crippen LogP contribution in [-0.2, 0) is 16.4 Å². The van der Waals surface area contributed by atoms with Crippen LogP contribution >= 0.6 is 0 Å². The number of sulfonamides is 1. The number of nitrogens with zero attached hydrogens (tertiary/aromatic N) is 3. The maximum Gasteiger partial charge on any atom is 0.230 e. The van der Waals surface area contributed by atoms with Crippen LogP contribution in [0.4, 0.5) is 11.6 Å². The van der Waals surface area contributed by atoms with Gasteiger partial charge in [-0.05, 0) is 61.6 Å². The lowest BCUT2D eigenvalue weighted by atomic mass is 10.1. The predicted molar refractivity (Wildman–Crippen MR) is 136 cm³/mol. The van der Waals surface area contributed by atoms with Crippen molar-refractivity contribution in [2.24, 2.45) is 0 Å². The third-order valence-electron chi connectivity index (χ3n) is 6.10. The summed E-state index contributed by atoms with van der Waals surface area (Å²) in [5, 5.41) is 3.20. The molecule has 9 heteroatoms. The summed E-state index contributed by atoms with van der Waals surface area (Å²) in [4.78, 5) is 8.79. The van der Waals surface area contributed by atoms with Gasteiger partial charge in [-0.25, -0.2) is 17.7 Å². The lowest BCUT2D eigenvalue weighted by molar-refractivity contribution is 0.135. The van der Waals surface area contributed by atoms with Gasteiger partial charge in [-0.2, -0.15) is 4.98 Å². The summed E-state index contributed by atoms with van der Waals surface area (Å²) in [5.74, 6) is 2.31. The molecule has 2 heterocycles. The fraction of sp³-hybridized carbons (Fsp3) is 0.308. The number of ether oxygens (including phenoxy) is 2. The first kappa shape index (κ1) is 23.3. The molecule has 0 unspecified atom stereocenters. The van der Waals surface area contributed by atoms with Gasteiger partial charge in [0.05, 0.1) is 6.26 Å². The Kier molecular flexibility index (Phi) is 6.44. The monoisotopic (exact) mass is 492 g/mol. The number of piperidine rings is 1. The van der Waals surface area contributed by atoms with E-state index in [4.69, 9.17) is 9.47 Å². The fourth-order valence-electron chi connectivity index (χ4n) is 4.38. The topological polar surface area (TPSA) is 93.6 Å². The fourth-order valence-corrected chi connectivity index (χ4v) is 5.25. The normalized spacial score (nSPS) is 16.5. The van der Waals surface area contributed by atoms with Crippen molar-refractivity contribution in [1.82, 2.24) is 14.3 Å². The Bertz CT molecular complexity index is 1370. The Labute approximate surface area is 205 Å². The second-order valence-corrected chi connectivity index (χ2v) is 11.0. The van der Waals surface area contributed by atoms with Gasteiger partial charge >= 0.3 is 0 Å². The van der Waals surface area contributed by atoms with Crippen LogP contribution in [0.3, 0.4) is 0 Å². The van der Waals surface area contributed by atoms with E-state index >= 15 is 0 Å². The van der Waals surface area contributed by atoms with Gasteiger partial charge in [-0.1, -0.05) is 23.8 Å². The molecule has 1 aromatic heterocycles. The molecule has 1 saturated heterocycles. The third kappa shape index (κ3) is 5.80. The first-order chi connectivity index (χ1) is 16.8. The molecule has 1 N–H and O–H groups in total. The minimum Gasteiger partial charge on any atom is -0.490 e. The average Bonchev–Trinajstić information content (AvgIpc) is 3.19. The Hall–Kier alpha value is -3.43. The molecule has 1 fully saturated rings. The van der Waals surface area contributed by atoms with E-state index in [1.807, 2.05) is 36.4 Å². The second-order valence-electron chi connectivity index (χ2n) is 8.98. The lowest BCUT2D eigenvalue weighted by Crippen LogP contribution is -2.41. The molecule has 5 rings (SSSR count). The molecule has 1 aliphatic heterocycles. The Morgan fingerprint density at radius 1 is 1.06 bits per heavy atom. The van der Waals surface area contributed by atoms with Gasteiger partial charge in [0.2, 0.25) is 21.9 Å². The van der Waals surface area contributed by atoms with Crippen LogP contribution in [0.1, 0.15) is 30.9 Å². The molecule has 2 aromatic carbocycles. The number of allylic oxidation sites excluding steroid dienone is 1. The van der Waals surface area contributed by atoms with Gasteiger partial charge in [0.1, 0.15) is 17.6 Å². The highest BCUT2D eigenvalue weighted by atomic mass is 32.2. The van der Waals surface area contributed by atoms with Crippen molar-refractivity contribution in [1.29, 1.82) is 0 Å². The van der Waals surface area contributed by atoms with Crippen molar-refractivity contribution >= 4 is 27.7 Å². The summed E-state index contributed by atoms with van der Waals surface area (Å²) in [6.07, 6.45) is 7.35. The second kappa shape index (κ2) is 9.67. The molecule has 0 radical (unpaired) electrons. The predicted octanol–water partition coefficient (Wildman–Crippen LogP) is 4.77. The van der Waals surface area contributed by atoms with Gasteiger partial charge in [-0.3, -0.25) is 0 Å². The number of fused-ring (bicyclic) bond motifs is 1. The number of nitrogens with one attached hydrogen (secondary N) is 1. The molecule has 8 nitrogen and oxygen atoms in total. The van der Waals surface area contributed by atoms with E-state index in [1.54, 1.807) is 12.3 Å². The zero-order chi connectivity index (χ0) is 24.4. The molecule has 1 aliphatic carbocycles. The largest absolute Gasteiger partial charge is 0.490 e. The average molecular weight is 493 g/mol. The highest BCUT2D eigenvalue weighted by Gasteiger charge is 2.26. The van der Waals surface area contributed by atoms with E-state index in [-0.39, 0.29) is 6.10 Å². The smallest absolute Gasteiger partial charge is 0.230 e. The Morgan fingerprint density at radius 3 is 2.69 bits per heavy atom. The summed E-state index contributed by atoms with van der Waals surface area (Å²) in [7, 11) is -3.15. The van der Waals surface area contributed by atoms with Crippen LogP contribution in [0.2, 0.25) is 0 Å².